The second kappa shape index (κ2) is 6.43. The van der Waals surface area contributed by atoms with Crippen LogP contribution in [-0.4, -0.2) is 37.4 Å². The van der Waals surface area contributed by atoms with Gasteiger partial charge in [0.05, 0.1) is 24.2 Å². The third-order valence-electron chi connectivity index (χ3n) is 4.00. The number of non-ortho nitro benzene ring substituents is 1. The van der Waals surface area contributed by atoms with Gasteiger partial charge in [0, 0.05) is 29.4 Å². The Bertz CT molecular complexity index is 713. The molecule has 0 spiro atoms. The molecule has 1 aliphatic heterocycles. The number of hydrogen-bond donors (Lipinski definition) is 0. The van der Waals surface area contributed by atoms with Crippen LogP contribution in [-0.2, 0) is 0 Å². The van der Waals surface area contributed by atoms with Crippen LogP contribution in [0, 0.1) is 10.1 Å². The fraction of sp³-hybridized carbons (Fsp3) is 0.250. The third kappa shape index (κ3) is 3.13. The zero-order valence-corrected chi connectivity index (χ0v) is 12.5. The number of carbonyl (C=O) groups is 1. The van der Waals surface area contributed by atoms with Gasteiger partial charge in [-0.3, -0.25) is 19.8 Å². The van der Waals surface area contributed by atoms with E-state index in [9.17, 15) is 14.9 Å². The number of benzene rings is 1. The zero-order valence-electron chi connectivity index (χ0n) is 12.5. The predicted molar refractivity (Wildman–Crippen MR) is 85.9 cm³/mol. The van der Waals surface area contributed by atoms with E-state index in [-0.39, 0.29) is 5.69 Å². The molecule has 0 radical (unpaired) electrons. The molecule has 0 amide bonds. The van der Waals surface area contributed by atoms with Gasteiger partial charge in [0.15, 0.2) is 6.29 Å². The molecule has 2 heterocycles. The van der Waals surface area contributed by atoms with Crippen molar-refractivity contribution < 1.29 is 14.7 Å². The molecule has 1 fully saturated rings. The number of aldehydes is 1. The summed E-state index contributed by atoms with van der Waals surface area (Å²) in [6, 6.07) is 10.4. The molecule has 1 N–H and O–H groups in total. The molecule has 23 heavy (non-hydrogen) atoms. The first kappa shape index (κ1) is 15.0. The van der Waals surface area contributed by atoms with Crippen molar-refractivity contribution in [3.05, 3.63) is 58.3 Å². The summed E-state index contributed by atoms with van der Waals surface area (Å²) in [6.07, 6.45) is 2.57. The predicted octanol–water partition coefficient (Wildman–Crippen LogP) is 1.55. The summed E-state index contributed by atoms with van der Waals surface area (Å²) >= 11 is 0. The first-order valence-electron chi connectivity index (χ1n) is 7.39. The molecular formula is C16H17N4O3+. The van der Waals surface area contributed by atoms with Crippen molar-refractivity contribution in [1.29, 1.82) is 0 Å². The van der Waals surface area contributed by atoms with Gasteiger partial charge in [0.2, 0.25) is 0 Å². The highest BCUT2D eigenvalue weighted by Gasteiger charge is 2.25. The van der Waals surface area contributed by atoms with E-state index in [1.54, 1.807) is 6.07 Å². The topological polar surface area (TPSA) is 80.8 Å². The Kier molecular flexibility index (Phi) is 4.18. The second-order valence-corrected chi connectivity index (χ2v) is 5.34. The number of nitrogens with one attached hydrogen (secondary N) is 1. The maximum Gasteiger partial charge on any atom is 0.274 e. The minimum absolute atomic E-state index is 0.0617. The van der Waals surface area contributed by atoms with E-state index in [1.165, 1.54) is 12.1 Å². The lowest BCUT2D eigenvalue weighted by molar-refractivity contribution is -0.384. The molecule has 3 rings (SSSR count). The molecule has 1 aromatic carbocycles. The molecule has 118 valence electrons. The Labute approximate surface area is 133 Å². The molecule has 1 aromatic heterocycles. The average molecular weight is 313 g/mol. The molecule has 0 saturated carbocycles. The Morgan fingerprint density at radius 1 is 1.09 bits per heavy atom. The van der Waals surface area contributed by atoms with E-state index < -0.39 is 4.92 Å². The zero-order chi connectivity index (χ0) is 16.2. The molecule has 1 saturated heterocycles. The molecule has 7 nitrogen and oxygen atoms in total. The normalized spacial score (nSPS) is 14.6. The molecule has 0 aliphatic carbocycles. The summed E-state index contributed by atoms with van der Waals surface area (Å²) in [6.45, 7) is 3.13. The minimum Gasteiger partial charge on any atom is -0.363 e. The van der Waals surface area contributed by atoms with Crippen LogP contribution in [0.2, 0.25) is 0 Å². The van der Waals surface area contributed by atoms with Gasteiger partial charge in [-0.25, -0.2) is 4.98 Å². The van der Waals surface area contributed by atoms with E-state index in [2.05, 4.69) is 14.8 Å². The largest absolute Gasteiger partial charge is 0.363 e. The smallest absolute Gasteiger partial charge is 0.274 e. The van der Waals surface area contributed by atoms with Gasteiger partial charge < -0.3 is 4.90 Å². The number of aromatic nitrogens is 1. The maximum absolute atomic E-state index is 11.3. The summed E-state index contributed by atoms with van der Waals surface area (Å²) in [5.41, 5.74) is 1.05. The van der Waals surface area contributed by atoms with E-state index in [1.807, 2.05) is 24.4 Å². The van der Waals surface area contributed by atoms with Gasteiger partial charge in [-0.15, -0.1) is 0 Å². The van der Waals surface area contributed by atoms with Gasteiger partial charge >= 0.3 is 0 Å². The van der Waals surface area contributed by atoms with Crippen LogP contribution in [0.15, 0.2) is 42.6 Å². The van der Waals surface area contributed by atoms with Crippen molar-refractivity contribution in [3.63, 3.8) is 0 Å². The van der Waals surface area contributed by atoms with Gasteiger partial charge in [-0.1, -0.05) is 6.07 Å². The summed E-state index contributed by atoms with van der Waals surface area (Å²) in [4.78, 5) is 29.1. The number of anilines is 2. The lowest BCUT2D eigenvalue weighted by Gasteiger charge is -2.33. The third-order valence-corrected chi connectivity index (χ3v) is 4.00. The molecular weight excluding hydrogens is 296 g/mol. The number of carbonyl (C=O) groups excluding carboxylic acids is 1. The van der Waals surface area contributed by atoms with Crippen LogP contribution in [0.1, 0.15) is 10.4 Å². The Balaban J connectivity index is 1.75. The summed E-state index contributed by atoms with van der Waals surface area (Å²) < 4.78 is 0. The number of aromatic amines is 1. The molecule has 0 bridgehead atoms. The van der Waals surface area contributed by atoms with Crippen LogP contribution >= 0.6 is 0 Å². The molecule has 0 atom stereocenters. The Morgan fingerprint density at radius 3 is 2.43 bits per heavy atom. The fourth-order valence-electron chi connectivity index (χ4n) is 2.81. The van der Waals surface area contributed by atoms with Gasteiger partial charge in [-0.2, -0.15) is 0 Å². The molecule has 7 heteroatoms. The number of pyridine rings is 1. The van der Waals surface area contributed by atoms with E-state index >= 15 is 0 Å². The number of H-pyrrole nitrogens is 1. The first-order valence-corrected chi connectivity index (χ1v) is 7.39. The highest BCUT2D eigenvalue weighted by molar-refractivity contribution is 5.86. The van der Waals surface area contributed by atoms with E-state index in [0.29, 0.717) is 11.8 Å². The highest BCUT2D eigenvalue weighted by Crippen LogP contribution is 2.25. The van der Waals surface area contributed by atoms with Crippen molar-refractivity contribution >= 4 is 23.5 Å². The summed E-state index contributed by atoms with van der Waals surface area (Å²) in [7, 11) is 0. The molecule has 0 unspecified atom stereocenters. The second-order valence-electron chi connectivity index (χ2n) is 5.34. The SMILES string of the molecule is O=Cc1cc([N+](=O)[O-])ccc1N1CCN(c2cccc[nH+]2)CC1. The van der Waals surface area contributed by atoms with Gasteiger partial charge in [0.25, 0.3) is 11.5 Å². The van der Waals surface area contributed by atoms with Crippen molar-refractivity contribution in [2.45, 2.75) is 0 Å². The molecule has 1 aliphatic rings. The number of nitrogens with zero attached hydrogens (tertiary/aromatic N) is 3. The molecule has 2 aromatic rings. The number of nitro groups is 1. The lowest BCUT2D eigenvalue weighted by Crippen LogP contribution is -2.48. The first-order chi connectivity index (χ1) is 11.2. The quantitative estimate of drug-likeness (QED) is 0.486. The number of hydrogen-bond acceptors (Lipinski definition) is 5. The van der Waals surface area contributed by atoms with Crippen LogP contribution in [0.5, 0.6) is 0 Å². The van der Waals surface area contributed by atoms with Crippen molar-refractivity contribution in [3.8, 4) is 0 Å². The average Bonchev–Trinajstić information content (AvgIpc) is 2.62. The monoisotopic (exact) mass is 313 g/mol. The maximum atomic E-state index is 11.3. The van der Waals surface area contributed by atoms with Crippen LogP contribution in [0.4, 0.5) is 17.2 Å². The van der Waals surface area contributed by atoms with Crippen LogP contribution < -0.4 is 14.8 Å². The highest BCUT2D eigenvalue weighted by atomic mass is 16.6. The van der Waals surface area contributed by atoms with Crippen LogP contribution in [0.3, 0.4) is 0 Å². The lowest BCUT2D eigenvalue weighted by atomic mass is 10.1. The minimum atomic E-state index is -0.486. The standard InChI is InChI=1S/C16H16N4O3/c21-12-13-11-14(20(22)23)4-5-15(13)18-7-9-19(10-8-18)16-3-1-2-6-17-16/h1-6,11-12H,7-10H2/p+1. The fourth-order valence-corrected chi connectivity index (χ4v) is 2.81. The van der Waals surface area contributed by atoms with Gasteiger partial charge in [-0.05, 0) is 12.1 Å². The van der Waals surface area contributed by atoms with E-state index in [4.69, 9.17) is 0 Å². The van der Waals surface area contributed by atoms with Crippen molar-refractivity contribution in [1.82, 2.24) is 0 Å². The summed E-state index contributed by atoms with van der Waals surface area (Å²) in [5.74, 6) is 1.06. The number of nitro benzene ring substituents is 1. The summed E-state index contributed by atoms with van der Waals surface area (Å²) in [5, 5.41) is 10.8. The Hall–Kier alpha value is -2.96. The van der Waals surface area contributed by atoms with E-state index in [0.717, 1.165) is 37.7 Å². The number of piperazine rings is 1. The Morgan fingerprint density at radius 2 is 1.83 bits per heavy atom. The number of rotatable bonds is 4. The van der Waals surface area contributed by atoms with Gasteiger partial charge in [0.1, 0.15) is 13.1 Å². The van der Waals surface area contributed by atoms with Crippen LogP contribution in [0.25, 0.3) is 0 Å². The van der Waals surface area contributed by atoms with Crippen molar-refractivity contribution in [2.75, 3.05) is 36.0 Å². The van der Waals surface area contributed by atoms with Crippen molar-refractivity contribution in [2.24, 2.45) is 0 Å².